The highest BCUT2D eigenvalue weighted by atomic mass is 79.9. The summed E-state index contributed by atoms with van der Waals surface area (Å²) in [4.78, 5) is 2.46. The standard InChI is InChI=1S/C17H18BrNO/c1-12-9-13-5-3-4-6-16(13)19(12)11-14-10-15(18)7-8-17(14)20-2/h3-8,10,12H,9,11H2,1-2H3/t12-/m0/s1. The highest BCUT2D eigenvalue weighted by Gasteiger charge is 2.26. The van der Waals surface area contributed by atoms with Crippen LogP contribution >= 0.6 is 15.9 Å². The molecule has 0 aliphatic carbocycles. The molecule has 20 heavy (non-hydrogen) atoms. The van der Waals surface area contributed by atoms with Gasteiger partial charge >= 0.3 is 0 Å². The number of anilines is 1. The molecule has 0 saturated heterocycles. The maximum atomic E-state index is 5.49. The largest absolute Gasteiger partial charge is 0.496 e. The minimum atomic E-state index is 0.524. The van der Waals surface area contributed by atoms with E-state index in [0.717, 1.165) is 23.2 Å². The van der Waals surface area contributed by atoms with Gasteiger partial charge in [0.25, 0.3) is 0 Å². The van der Waals surface area contributed by atoms with E-state index in [2.05, 4.69) is 58.1 Å². The summed E-state index contributed by atoms with van der Waals surface area (Å²) in [5, 5.41) is 0. The zero-order chi connectivity index (χ0) is 14.1. The molecule has 0 radical (unpaired) electrons. The second-order valence-corrected chi connectivity index (χ2v) is 6.18. The van der Waals surface area contributed by atoms with Gasteiger partial charge in [-0.05, 0) is 43.2 Å². The Hall–Kier alpha value is -1.48. The molecule has 0 saturated carbocycles. The lowest BCUT2D eigenvalue weighted by Crippen LogP contribution is -2.28. The normalized spacial score (nSPS) is 17.1. The van der Waals surface area contributed by atoms with Crippen LogP contribution in [0.1, 0.15) is 18.1 Å². The Morgan fingerprint density at radius 1 is 1.25 bits per heavy atom. The third-order valence-corrected chi connectivity index (χ3v) is 4.42. The number of rotatable bonds is 3. The molecule has 1 aliphatic rings. The molecule has 3 rings (SSSR count). The van der Waals surface area contributed by atoms with Gasteiger partial charge in [-0.25, -0.2) is 0 Å². The first-order chi connectivity index (χ1) is 9.69. The monoisotopic (exact) mass is 331 g/mol. The van der Waals surface area contributed by atoms with E-state index < -0.39 is 0 Å². The van der Waals surface area contributed by atoms with Crippen molar-refractivity contribution in [1.29, 1.82) is 0 Å². The lowest BCUT2D eigenvalue weighted by molar-refractivity contribution is 0.408. The van der Waals surface area contributed by atoms with Crippen molar-refractivity contribution in [3.63, 3.8) is 0 Å². The van der Waals surface area contributed by atoms with E-state index in [0.29, 0.717) is 6.04 Å². The van der Waals surface area contributed by atoms with Gasteiger partial charge in [-0.15, -0.1) is 0 Å². The van der Waals surface area contributed by atoms with Gasteiger partial charge in [0.05, 0.1) is 7.11 Å². The average Bonchev–Trinajstić information content (AvgIpc) is 2.76. The van der Waals surface area contributed by atoms with Crippen molar-refractivity contribution in [2.75, 3.05) is 12.0 Å². The summed E-state index contributed by atoms with van der Waals surface area (Å²) in [5.74, 6) is 0.949. The van der Waals surface area contributed by atoms with Crippen LogP contribution < -0.4 is 9.64 Å². The predicted molar refractivity (Wildman–Crippen MR) is 86.5 cm³/mol. The number of halogens is 1. The molecular formula is C17H18BrNO. The zero-order valence-corrected chi connectivity index (χ0v) is 13.4. The van der Waals surface area contributed by atoms with Crippen LogP contribution in [0.4, 0.5) is 5.69 Å². The number of para-hydroxylation sites is 1. The van der Waals surface area contributed by atoms with Gasteiger partial charge in [0.15, 0.2) is 0 Å². The molecule has 0 spiro atoms. The summed E-state index contributed by atoms with van der Waals surface area (Å²) in [5.41, 5.74) is 4.00. The van der Waals surface area contributed by atoms with Crippen LogP contribution in [0.15, 0.2) is 46.9 Å². The molecule has 1 heterocycles. The van der Waals surface area contributed by atoms with Gasteiger partial charge in [0.2, 0.25) is 0 Å². The van der Waals surface area contributed by atoms with Crippen LogP contribution in [0, 0.1) is 0 Å². The molecule has 0 N–H and O–H groups in total. The van der Waals surface area contributed by atoms with Crippen molar-refractivity contribution in [1.82, 2.24) is 0 Å². The molecule has 2 nitrogen and oxygen atoms in total. The van der Waals surface area contributed by atoms with Crippen LogP contribution in [-0.4, -0.2) is 13.2 Å². The molecule has 1 atom stereocenters. The fraction of sp³-hybridized carbons (Fsp3) is 0.294. The summed E-state index contributed by atoms with van der Waals surface area (Å²) in [6.45, 7) is 3.16. The quantitative estimate of drug-likeness (QED) is 0.826. The van der Waals surface area contributed by atoms with Crippen LogP contribution in [0.3, 0.4) is 0 Å². The van der Waals surface area contributed by atoms with E-state index in [1.165, 1.54) is 16.8 Å². The lowest BCUT2D eigenvalue weighted by Gasteiger charge is -2.26. The number of fused-ring (bicyclic) bond motifs is 1. The molecule has 104 valence electrons. The number of ether oxygens (including phenoxy) is 1. The van der Waals surface area contributed by atoms with E-state index in [9.17, 15) is 0 Å². The predicted octanol–water partition coefficient (Wildman–Crippen LogP) is 4.41. The molecule has 1 aliphatic heterocycles. The Bertz CT molecular complexity index is 626. The Morgan fingerprint density at radius 3 is 2.85 bits per heavy atom. The van der Waals surface area contributed by atoms with E-state index >= 15 is 0 Å². The maximum absolute atomic E-state index is 5.49. The van der Waals surface area contributed by atoms with Gasteiger partial charge < -0.3 is 9.64 Å². The number of hydrogen-bond acceptors (Lipinski definition) is 2. The topological polar surface area (TPSA) is 12.5 Å². The van der Waals surface area contributed by atoms with Crippen molar-refractivity contribution in [2.45, 2.75) is 25.9 Å². The molecule has 3 heteroatoms. The first-order valence-corrected chi connectivity index (χ1v) is 7.65. The van der Waals surface area contributed by atoms with Crippen molar-refractivity contribution in [2.24, 2.45) is 0 Å². The summed E-state index contributed by atoms with van der Waals surface area (Å²) in [6, 6.07) is 15.4. The summed E-state index contributed by atoms with van der Waals surface area (Å²) in [6.07, 6.45) is 1.12. The van der Waals surface area contributed by atoms with Gasteiger partial charge in [-0.3, -0.25) is 0 Å². The Labute approximate surface area is 128 Å². The molecule has 2 aromatic carbocycles. The highest BCUT2D eigenvalue weighted by molar-refractivity contribution is 9.10. The fourth-order valence-corrected chi connectivity index (χ4v) is 3.33. The van der Waals surface area contributed by atoms with E-state index in [1.54, 1.807) is 7.11 Å². The molecule has 0 bridgehead atoms. The molecule has 0 unspecified atom stereocenters. The fourth-order valence-electron chi connectivity index (χ4n) is 2.92. The SMILES string of the molecule is COc1ccc(Br)cc1CN1c2ccccc2C[C@@H]1C. The number of hydrogen-bond donors (Lipinski definition) is 0. The zero-order valence-electron chi connectivity index (χ0n) is 11.8. The third-order valence-electron chi connectivity index (χ3n) is 3.93. The smallest absolute Gasteiger partial charge is 0.123 e. The summed E-state index contributed by atoms with van der Waals surface area (Å²) in [7, 11) is 1.73. The number of benzene rings is 2. The summed E-state index contributed by atoms with van der Waals surface area (Å²) < 4.78 is 6.58. The summed E-state index contributed by atoms with van der Waals surface area (Å²) >= 11 is 3.55. The minimum absolute atomic E-state index is 0.524. The highest BCUT2D eigenvalue weighted by Crippen LogP contribution is 2.35. The van der Waals surface area contributed by atoms with Gasteiger partial charge in [0, 0.05) is 28.3 Å². The van der Waals surface area contributed by atoms with Gasteiger partial charge in [-0.1, -0.05) is 34.1 Å². The lowest BCUT2D eigenvalue weighted by atomic mass is 10.1. The van der Waals surface area contributed by atoms with Crippen LogP contribution in [-0.2, 0) is 13.0 Å². The molecular weight excluding hydrogens is 314 g/mol. The Morgan fingerprint density at radius 2 is 2.05 bits per heavy atom. The van der Waals surface area contributed by atoms with Crippen LogP contribution in [0.5, 0.6) is 5.75 Å². The third kappa shape index (κ3) is 2.42. The Kier molecular flexibility index (Phi) is 3.70. The molecule has 0 aromatic heterocycles. The van der Waals surface area contributed by atoms with Gasteiger partial charge in [0.1, 0.15) is 5.75 Å². The van der Waals surface area contributed by atoms with E-state index in [-0.39, 0.29) is 0 Å². The van der Waals surface area contributed by atoms with Crippen molar-refractivity contribution >= 4 is 21.6 Å². The van der Waals surface area contributed by atoms with Crippen molar-refractivity contribution < 1.29 is 4.74 Å². The number of nitrogens with zero attached hydrogens (tertiary/aromatic N) is 1. The number of methoxy groups -OCH3 is 1. The molecule has 0 amide bonds. The van der Waals surface area contributed by atoms with Crippen molar-refractivity contribution in [3.8, 4) is 5.75 Å². The first kappa shape index (κ1) is 13.5. The maximum Gasteiger partial charge on any atom is 0.123 e. The minimum Gasteiger partial charge on any atom is -0.496 e. The van der Waals surface area contributed by atoms with E-state index in [4.69, 9.17) is 4.74 Å². The van der Waals surface area contributed by atoms with Crippen molar-refractivity contribution in [3.05, 3.63) is 58.1 Å². The molecule has 0 fully saturated rings. The average molecular weight is 332 g/mol. The van der Waals surface area contributed by atoms with Crippen LogP contribution in [0.25, 0.3) is 0 Å². The molecule has 2 aromatic rings. The second-order valence-electron chi connectivity index (χ2n) is 5.27. The van der Waals surface area contributed by atoms with Gasteiger partial charge in [-0.2, -0.15) is 0 Å². The first-order valence-electron chi connectivity index (χ1n) is 6.86. The van der Waals surface area contributed by atoms with Crippen LogP contribution in [0.2, 0.25) is 0 Å². The van der Waals surface area contributed by atoms with E-state index in [1.807, 2.05) is 12.1 Å². The Balaban J connectivity index is 1.94. The second kappa shape index (κ2) is 5.49.